The summed E-state index contributed by atoms with van der Waals surface area (Å²) in [7, 11) is 0. The molecular formula is C12H26N2. The van der Waals surface area contributed by atoms with E-state index in [1.54, 1.807) is 0 Å². The van der Waals surface area contributed by atoms with Crippen LogP contribution in [0.25, 0.3) is 0 Å². The van der Waals surface area contributed by atoms with E-state index in [2.05, 4.69) is 31.0 Å². The largest absolute Gasteiger partial charge is 0.316 e. The Morgan fingerprint density at radius 2 is 2.21 bits per heavy atom. The van der Waals surface area contributed by atoms with Crippen molar-refractivity contribution in [2.24, 2.45) is 11.8 Å². The van der Waals surface area contributed by atoms with Crippen molar-refractivity contribution in [3.05, 3.63) is 0 Å². The van der Waals surface area contributed by atoms with Crippen molar-refractivity contribution < 1.29 is 0 Å². The van der Waals surface area contributed by atoms with E-state index in [4.69, 9.17) is 0 Å². The van der Waals surface area contributed by atoms with Crippen LogP contribution < -0.4 is 5.32 Å². The topological polar surface area (TPSA) is 15.3 Å². The van der Waals surface area contributed by atoms with Gasteiger partial charge in [-0.3, -0.25) is 0 Å². The number of nitrogens with one attached hydrogen (secondary N) is 1. The molecular weight excluding hydrogens is 172 g/mol. The minimum atomic E-state index is 0.808. The van der Waals surface area contributed by atoms with E-state index >= 15 is 0 Å². The molecule has 0 radical (unpaired) electrons. The number of hydrogen-bond donors (Lipinski definition) is 1. The Morgan fingerprint density at radius 1 is 1.43 bits per heavy atom. The normalized spacial score (nSPS) is 26.1. The van der Waals surface area contributed by atoms with Crippen LogP contribution in [0.15, 0.2) is 0 Å². The summed E-state index contributed by atoms with van der Waals surface area (Å²) in [5, 5.41) is 3.50. The molecule has 1 fully saturated rings. The van der Waals surface area contributed by atoms with Crippen LogP contribution >= 0.6 is 0 Å². The summed E-state index contributed by atoms with van der Waals surface area (Å²) in [6.45, 7) is 13.2. The smallest absolute Gasteiger partial charge is 0.00192 e. The third-order valence-corrected chi connectivity index (χ3v) is 2.91. The summed E-state index contributed by atoms with van der Waals surface area (Å²) < 4.78 is 0. The molecule has 0 amide bonds. The Kier molecular flexibility index (Phi) is 5.49. The molecule has 0 aliphatic carbocycles. The maximum atomic E-state index is 3.50. The zero-order valence-corrected chi connectivity index (χ0v) is 10.1. The molecule has 1 heterocycles. The van der Waals surface area contributed by atoms with Crippen LogP contribution in [-0.4, -0.2) is 37.6 Å². The van der Waals surface area contributed by atoms with E-state index in [1.165, 1.54) is 45.6 Å². The third kappa shape index (κ3) is 4.97. The second kappa shape index (κ2) is 6.41. The van der Waals surface area contributed by atoms with Gasteiger partial charge in [0.2, 0.25) is 0 Å². The quantitative estimate of drug-likeness (QED) is 0.746. The van der Waals surface area contributed by atoms with Crippen LogP contribution in [0, 0.1) is 11.8 Å². The molecule has 0 aromatic rings. The van der Waals surface area contributed by atoms with Gasteiger partial charge in [0.1, 0.15) is 0 Å². The number of nitrogens with zero attached hydrogens (tertiary/aromatic N) is 1. The van der Waals surface area contributed by atoms with Gasteiger partial charge in [-0.25, -0.2) is 0 Å². The highest BCUT2D eigenvalue weighted by Crippen LogP contribution is 2.07. The Balaban J connectivity index is 2.25. The van der Waals surface area contributed by atoms with Crippen LogP contribution in [-0.2, 0) is 0 Å². The maximum Gasteiger partial charge on any atom is 0.00192 e. The highest BCUT2D eigenvalue weighted by molar-refractivity contribution is 4.69. The van der Waals surface area contributed by atoms with E-state index in [0.717, 1.165) is 11.8 Å². The van der Waals surface area contributed by atoms with Gasteiger partial charge in [0, 0.05) is 6.54 Å². The first-order valence-electron chi connectivity index (χ1n) is 6.11. The molecule has 0 aromatic carbocycles. The van der Waals surface area contributed by atoms with Gasteiger partial charge in [-0.1, -0.05) is 20.8 Å². The fourth-order valence-corrected chi connectivity index (χ4v) is 2.02. The molecule has 0 bridgehead atoms. The fourth-order valence-electron chi connectivity index (χ4n) is 2.02. The predicted octanol–water partition coefficient (Wildman–Crippen LogP) is 1.96. The first-order valence-corrected chi connectivity index (χ1v) is 6.11. The molecule has 84 valence electrons. The lowest BCUT2D eigenvalue weighted by molar-refractivity contribution is 0.206. The fraction of sp³-hybridized carbons (Fsp3) is 1.00. The molecule has 2 nitrogen and oxygen atoms in total. The monoisotopic (exact) mass is 198 g/mol. The minimum absolute atomic E-state index is 0.808. The molecule has 1 unspecified atom stereocenters. The molecule has 1 aliphatic heterocycles. The highest BCUT2D eigenvalue weighted by atomic mass is 15.1. The Bertz CT molecular complexity index is 145. The summed E-state index contributed by atoms with van der Waals surface area (Å²) in [5.41, 5.74) is 0. The molecule has 14 heavy (non-hydrogen) atoms. The SMILES string of the molecule is CC(C)CCN1CCCNCC(C)C1. The molecule has 1 aliphatic rings. The molecule has 0 aromatic heterocycles. The summed E-state index contributed by atoms with van der Waals surface area (Å²) in [6, 6.07) is 0. The molecule has 0 saturated carbocycles. The summed E-state index contributed by atoms with van der Waals surface area (Å²) >= 11 is 0. The van der Waals surface area contributed by atoms with Crippen molar-refractivity contribution in [1.29, 1.82) is 0 Å². The van der Waals surface area contributed by atoms with Crippen LogP contribution in [0.2, 0.25) is 0 Å². The Labute approximate surface area is 89.1 Å². The zero-order valence-electron chi connectivity index (χ0n) is 10.1. The molecule has 0 spiro atoms. The average molecular weight is 198 g/mol. The van der Waals surface area contributed by atoms with Crippen LogP contribution in [0.5, 0.6) is 0 Å². The number of rotatable bonds is 3. The molecule has 1 N–H and O–H groups in total. The summed E-state index contributed by atoms with van der Waals surface area (Å²) in [5.74, 6) is 1.65. The van der Waals surface area contributed by atoms with Gasteiger partial charge >= 0.3 is 0 Å². The van der Waals surface area contributed by atoms with Crippen LogP contribution in [0.4, 0.5) is 0 Å². The third-order valence-electron chi connectivity index (χ3n) is 2.91. The number of hydrogen-bond acceptors (Lipinski definition) is 2. The van der Waals surface area contributed by atoms with E-state index in [-0.39, 0.29) is 0 Å². The summed E-state index contributed by atoms with van der Waals surface area (Å²) in [6.07, 6.45) is 2.66. The lowest BCUT2D eigenvalue weighted by Crippen LogP contribution is -2.39. The molecule has 1 atom stereocenters. The zero-order chi connectivity index (χ0) is 10.4. The predicted molar refractivity (Wildman–Crippen MR) is 62.5 cm³/mol. The average Bonchev–Trinajstić information content (AvgIpc) is 2.08. The highest BCUT2D eigenvalue weighted by Gasteiger charge is 2.12. The van der Waals surface area contributed by atoms with Crippen LogP contribution in [0.3, 0.4) is 0 Å². The lowest BCUT2D eigenvalue weighted by Gasteiger charge is -2.29. The van der Waals surface area contributed by atoms with E-state index in [0.29, 0.717) is 0 Å². The van der Waals surface area contributed by atoms with Crippen molar-refractivity contribution in [2.45, 2.75) is 33.6 Å². The summed E-state index contributed by atoms with van der Waals surface area (Å²) in [4.78, 5) is 2.64. The van der Waals surface area contributed by atoms with Gasteiger partial charge in [-0.05, 0) is 50.9 Å². The first kappa shape index (κ1) is 12.0. The van der Waals surface area contributed by atoms with Crippen molar-refractivity contribution in [2.75, 3.05) is 32.7 Å². The molecule has 2 heteroatoms. The van der Waals surface area contributed by atoms with Crippen LogP contribution in [0.1, 0.15) is 33.6 Å². The standard InChI is InChI=1S/C12H26N2/c1-11(2)5-8-14-7-4-6-13-9-12(3)10-14/h11-13H,4-10H2,1-3H3. The van der Waals surface area contributed by atoms with Crippen molar-refractivity contribution in [1.82, 2.24) is 10.2 Å². The second-order valence-corrected chi connectivity index (χ2v) is 5.15. The van der Waals surface area contributed by atoms with Gasteiger partial charge in [0.25, 0.3) is 0 Å². The first-order chi connectivity index (χ1) is 6.68. The van der Waals surface area contributed by atoms with Gasteiger partial charge in [0.15, 0.2) is 0 Å². The second-order valence-electron chi connectivity index (χ2n) is 5.15. The van der Waals surface area contributed by atoms with Crippen molar-refractivity contribution in [3.8, 4) is 0 Å². The van der Waals surface area contributed by atoms with Gasteiger partial charge < -0.3 is 10.2 Å². The minimum Gasteiger partial charge on any atom is -0.316 e. The van der Waals surface area contributed by atoms with Gasteiger partial charge in [-0.2, -0.15) is 0 Å². The van der Waals surface area contributed by atoms with Crippen molar-refractivity contribution >= 4 is 0 Å². The van der Waals surface area contributed by atoms with Gasteiger partial charge in [-0.15, -0.1) is 0 Å². The van der Waals surface area contributed by atoms with E-state index in [1.807, 2.05) is 0 Å². The van der Waals surface area contributed by atoms with Crippen molar-refractivity contribution in [3.63, 3.8) is 0 Å². The van der Waals surface area contributed by atoms with E-state index < -0.39 is 0 Å². The maximum absolute atomic E-state index is 3.50. The molecule has 1 rings (SSSR count). The van der Waals surface area contributed by atoms with E-state index in [9.17, 15) is 0 Å². The molecule has 1 saturated heterocycles. The Morgan fingerprint density at radius 3 is 2.93 bits per heavy atom. The lowest BCUT2D eigenvalue weighted by atomic mass is 10.1. The Hall–Kier alpha value is -0.0800. The van der Waals surface area contributed by atoms with Gasteiger partial charge in [0.05, 0.1) is 0 Å².